The van der Waals surface area contributed by atoms with Crippen LogP contribution in [0.2, 0.25) is 0 Å². The van der Waals surface area contributed by atoms with Gasteiger partial charge in [-0.15, -0.1) is 0 Å². The highest BCUT2D eigenvalue weighted by atomic mass is 15.3. The first-order valence-corrected chi connectivity index (χ1v) is 12.1. The standard InChI is InChI=1S/C24H48N4/c1-23(2,3)27-13-9-22(10-14-27)19-25-11-7-21(8-12-25)20-26-15-17-28(18-16-26)24(4,5)6/h21-22H,7-20H2,1-6H3. The molecule has 0 aromatic carbocycles. The van der Waals surface area contributed by atoms with Crippen LogP contribution in [0.4, 0.5) is 0 Å². The summed E-state index contributed by atoms with van der Waals surface area (Å²) in [6.45, 7) is 27.1. The van der Waals surface area contributed by atoms with Gasteiger partial charge in [0, 0.05) is 50.3 Å². The zero-order chi connectivity index (χ0) is 20.4. The fraction of sp³-hybridized carbons (Fsp3) is 1.00. The second-order valence-electron chi connectivity index (χ2n) is 11.8. The molecule has 3 rings (SSSR count). The third kappa shape index (κ3) is 6.42. The zero-order valence-electron chi connectivity index (χ0n) is 19.8. The summed E-state index contributed by atoms with van der Waals surface area (Å²) >= 11 is 0. The van der Waals surface area contributed by atoms with E-state index in [-0.39, 0.29) is 0 Å². The molecule has 0 saturated carbocycles. The lowest BCUT2D eigenvalue weighted by molar-refractivity contribution is 0.0428. The Morgan fingerprint density at radius 2 is 0.857 bits per heavy atom. The molecule has 0 N–H and O–H groups in total. The molecular formula is C24H48N4. The van der Waals surface area contributed by atoms with Crippen molar-refractivity contribution in [2.45, 2.75) is 78.3 Å². The Labute approximate surface area is 175 Å². The summed E-state index contributed by atoms with van der Waals surface area (Å²) in [6.07, 6.45) is 5.63. The zero-order valence-corrected chi connectivity index (χ0v) is 19.8. The maximum Gasteiger partial charge on any atom is 0.0126 e. The average molecular weight is 393 g/mol. The van der Waals surface area contributed by atoms with E-state index in [9.17, 15) is 0 Å². The quantitative estimate of drug-likeness (QED) is 0.724. The van der Waals surface area contributed by atoms with Gasteiger partial charge in [0.2, 0.25) is 0 Å². The lowest BCUT2D eigenvalue weighted by atomic mass is 9.90. The Bertz CT molecular complexity index is 410. The predicted octanol–water partition coefficient (Wildman–Crippen LogP) is 3.63. The van der Waals surface area contributed by atoms with Gasteiger partial charge in [-0.1, -0.05) is 0 Å². The van der Waals surface area contributed by atoms with Crippen molar-refractivity contribution in [3.8, 4) is 0 Å². The van der Waals surface area contributed by atoms with Gasteiger partial charge in [0.25, 0.3) is 0 Å². The molecule has 3 aliphatic heterocycles. The van der Waals surface area contributed by atoms with Crippen LogP contribution in [0, 0.1) is 11.8 Å². The number of hydrogen-bond donors (Lipinski definition) is 0. The van der Waals surface area contributed by atoms with Crippen molar-refractivity contribution in [3.63, 3.8) is 0 Å². The smallest absolute Gasteiger partial charge is 0.0126 e. The van der Waals surface area contributed by atoms with Gasteiger partial charge in [-0.25, -0.2) is 0 Å². The van der Waals surface area contributed by atoms with E-state index in [1.54, 1.807) is 0 Å². The minimum atomic E-state index is 0.334. The van der Waals surface area contributed by atoms with Crippen LogP contribution >= 0.6 is 0 Å². The molecule has 28 heavy (non-hydrogen) atoms. The minimum absolute atomic E-state index is 0.334. The Morgan fingerprint density at radius 3 is 1.29 bits per heavy atom. The third-order valence-corrected chi connectivity index (χ3v) is 7.62. The molecule has 0 spiro atoms. The van der Waals surface area contributed by atoms with Gasteiger partial charge in [0.15, 0.2) is 0 Å². The number of likely N-dealkylation sites (tertiary alicyclic amines) is 2. The van der Waals surface area contributed by atoms with Gasteiger partial charge in [0.1, 0.15) is 0 Å². The number of nitrogens with zero attached hydrogens (tertiary/aromatic N) is 4. The molecule has 0 unspecified atom stereocenters. The van der Waals surface area contributed by atoms with Crippen molar-refractivity contribution < 1.29 is 0 Å². The Morgan fingerprint density at radius 1 is 0.500 bits per heavy atom. The average Bonchev–Trinajstić information content (AvgIpc) is 2.63. The van der Waals surface area contributed by atoms with Gasteiger partial charge in [-0.2, -0.15) is 0 Å². The van der Waals surface area contributed by atoms with Crippen molar-refractivity contribution in [3.05, 3.63) is 0 Å². The molecule has 0 amide bonds. The highest BCUT2D eigenvalue weighted by molar-refractivity contribution is 4.86. The summed E-state index contributed by atoms with van der Waals surface area (Å²) in [5, 5.41) is 0. The second kappa shape index (κ2) is 9.32. The number of piperazine rings is 1. The van der Waals surface area contributed by atoms with E-state index >= 15 is 0 Å². The molecule has 0 aliphatic carbocycles. The van der Waals surface area contributed by atoms with Crippen LogP contribution in [0.15, 0.2) is 0 Å². The summed E-state index contributed by atoms with van der Waals surface area (Å²) in [5.41, 5.74) is 0.683. The highest BCUT2D eigenvalue weighted by Gasteiger charge is 2.30. The molecule has 0 atom stereocenters. The van der Waals surface area contributed by atoms with Gasteiger partial charge in [-0.05, 0) is 105 Å². The molecule has 0 aromatic rings. The van der Waals surface area contributed by atoms with Gasteiger partial charge >= 0.3 is 0 Å². The Hall–Kier alpha value is -0.160. The molecule has 3 saturated heterocycles. The first kappa shape index (κ1) is 22.5. The highest BCUT2D eigenvalue weighted by Crippen LogP contribution is 2.26. The van der Waals surface area contributed by atoms with Crippen LogP contribution in [0.1, 0.15) is 67.2 Å². The summed E-state index contributed by atoms with van der Waals surface area (Å²) < 4.78 is 0. The molecule has 4 nitrogen and oxygen atoms in total. The first-order valence-electron chi connectivity index (χ1n) is 12.1. The van der Waals surface area contributed by atoms with Crippen LogP contribution < -0.4 is 0 Å². The lowest BCUT2D eigenvalue weighted by Gasteiger charge is -2.44. The van der Waals surface area contributed by atoms with E-state index in [1.807, 2.05) is 0 Å². The molecule has 3 aliphatic rings. The van der Waals surface area contributed by atoms with Gasteiger partial charge < -0.3 is 9.80 Å². The van der Waals surface area contributed by atoms with Crippen LogP contribution in [-0.4, -0.2) is 96.1 Å². The van der Waals surface area contributed by atoms with E-state index in [0.717, 1.165) is 11.8 Å². The SMILES string of the molecule is CC(C)(C)N1CCC(CN2CCC(CN3CCN(C(C)(C)C)CC3)CC2)CC1. The molecule has 164 valence electrons. The fourth-order valence-corrected chi connectivity index (χ4v) is 5.47. The lowest BCUT2D eigenvalue weighted by Crippen LogP contribution is -2.54. The second-order valence-corrected chi connectivity index (χ2v) is 11.8. The van der Waals surface area contributed by atoms with Crippen molar-refractivity contribution in [2.24, 2.45) is 11.8 Å². The summed E-state index contributed by atoms with van der Waals surface area (Å²) in [4.78, 5) is 10.8. The first-order chi connectivity index (χ1) is 13.1. The normalized spacial score (nSPS) is 26.8. The minimum Gasteiger partial charge on any atom is -0.303 e. The summed E-state index contributed by atoms with van der Waals surface area (Å²) in [5.74, 6) is 1.86. The van der Waals surface area contributed by atoms with E-state index in [1.165, 1.54) is 91.1 Å². The Balaban J connectivity index is 1.31. The predicted molar refractivity (Wildman–Crippen MR) is 121 cm³/mol. The number of hydrogen-bond acceptors (Lipinski definition) is 4. The summed E-state index contributed by atoms with van der Waals surface area (Å²) in [6, 6.07) is 0. The number of rotatable bonds is 4. The van der Waals surface area contributed by atoms with Crippen molar-refractivity contribution >= 4 is 0 Å². The largest absolute Gasteiger partial charge is 0.303 e. The summed E-state index contributed by atoms with van der Waals surface area (Å²) in [7, 11) is 0. The monoisotopic (exact) mass is 392 g/mol. The van der Waals surface area contributed by atoms with Crippen LogP contribution in [0.5, 0.6) is 0 Å². The van der Waals surface area contributed by atoms with Crippen molar-refractivity contribution in [1.29, 1.82) is 0 Å². The topological polar surface area (TPSA) is 13.0 Å². The van der Waals surface area contributed by atoms with Crippen molar-refractivity contribution in [1.82, 2.24) is 19.6 Å². The van der Waals surface area contributed by atoms with E-state index in [4.69, 9.17) is 0 Å². The molecule has 0 radical (unpaired) electrons. The van der Waals surface area contributed by atoms with Crippen LogP contribution in [-0.2, 0) is 0 Å². The molecule has 3 heterocycles. The fourth-order valence-electron chi connectivity index (χ4n) is 5.47. The van der Waals surface area contributed by atoms with Gasteiger partial charge in [-0.3, -0.25) is 9.80 Å². The van der Waals surface area contributed by atoms with Gasteiger partial charge in [0.05, 0.1) is 0 Å². The molecule has 0 aromatic heterocycles. The maximum atomic E-state index is 2.78. The third-order valence-electron chi connectivity index (χ3n) is 7.62. The molecular weight excluding hydrogens is 344 g/mol. The maximum absolute atomic E-state index is 2.78. The molecule has 0 bridgehead atoms. The molecule has 4 heteroatoms. The van der Waals surface area contributed by atoms with Crippen LogP contribution in [0.3, 0.4) is 0 Å². The van der Waals surface area contributed by atoms with E-state index in [0.29, 0.717) is 11.1 Å². The van der Waals surface area contributed by atoms with Crippen LogP contribution in [0.25, 0.3) is 0 Å². The number of piperidine rings is 2. The molecule has 3 fully saturated rings. The van der Waals surface area contributed by atoms with E-state index < -0.39 is 0 Å². The Kier molecular flexibility index (Phi) is 7.50. The van der Waals surface area contributed by atoms with E-state index in [2.05, 4.69) is 61.1 Å². The van der Waals surface area contributed by atoms with Crippen molar-refractivity contribution in [2.75, 3.05) is 65.4 Å².